The van der Waals surface area contributed by atoms with E-state index in [1.165, 1.54) is 21.8 Å². The van der Waals surface area contributed by atoms with Gasteiger partial charge in [-0.1, -0.05) is 133 Å². The number of nitrogens with zero attached hydrogens (tertiary/aromatic N) is 6. The first kappa shape index (κ1) is 31.5. The molecule has 0 N–H and O–H groups in total. The van der Waals surface area contributed by atoms with Crippen LogP contribution in [0.2, 0.25) is 0 Å². The van der Waals surface area contributed by atoms with Gasteiger partial charge in [0.25, 0.3) is 0 Å². The van der Waals surface area contributed by atoms with Gasteiger partial charge >= 0.3 is 0 Å². The van der Waals surface area contributed by atoms with Crippen LogP contribution in [0.15, 0.2) is 194 Å². The van der Waals surface area contributed by atoms with Gasteiger partial charge in [0.2, 0.25) is 11.9 Å². The van der Waals surface area contributed by atoms with E-state index in [-0.39, 0.29) is 0 Å². The maximum Gasteiger partial charge on any atom is 0.240 e. The van der Waals surface area contributed by atoms with Crippen molar-refractivity contribution in [1.82, 2.24) is 28.7 Å². The van der Waals surface area contributed by atoms with Crippen LogP contribution in [0.1, 0.15) is 0 Å². The Morgan fingerprint density at radius 2 is 0.632 bits per heavy atom. The van der Waals surface area contributed by atoms with Crippen molar-refractivity contribution >= 4 is 65.4 Å². The highest BCUT2D eigenvalue weighted by Crippen LogP contribution is 2.39. The predicted octanol–water partition coefficient (Wildman–Crippen LogP) is 12.5. The van der Waals surface area contributed by atoms with Crippen molar-refractivity contribution < 1.29 is 0 Å². The molecule has 0 aliphatic carbocycles. The van der Waals surface area contributed by atoms with Crippen molar-refractivity contribution in [2.24, 2.45) is 0 Å². The number of fused-ring (bicyclic) bond motifs is 9. The Kier molecular flexibility index (Phi) is 6.83. The average Bonchev–Trinajstić information content (AvgIpc) is 3.92. The van der Waals surface area contributed by atoms with Gasteiger partial charge in [0.1, 0.15) is 0 Å². The Labute approximate surface area is 327 Å². The van der Waals surface area contributed by atoms with Gasteiger partial charge < -0.3 is 4.57 Å². The summed E-state index contributed by atoms with van der Waals surface area (Å²) in [6, 6.07) is 68.5. The fraction of sp³-hybridized carbons (Fsp3) is 0. The molecule has 0 atom stereocenters. The summed E-state index contributed by atoms with van der Waals surface area (Å²) in [7, 11) is 0. The summed E-state index contributed by atoms with van der Waals surface area (Å²) < 4.78 is 6.72. The van der Waals surface area contributed by atoms with Crippen molar-refractivity contribution in [3.63, 3.8) is 0 Å². The molecule has 0 radical (unpaired) electrons. The van der Waals surface area contributed by atoms with E-state index in [0.29, 0.717) is 17.7 Å². The monoisotopic (exact) mass is 728 g/mol. The molecule has 0 fully saturated rings. The SMILES string of the molecule is c1ccc(-c2nc(-n3c4ccccc4c4ccccc43)nc(-n3c4ccccc4c4cc(-c5ccc6c(c5)c5ccccc5n6-c5ccccc5)ccc43)n2)cc1. The first-order valence-corrected chi connectivity index (χ1v) is 19.2. The molecule has 4 aromatic heterocycles. The molecule has 0 saturated carbocycles. The molecule has 6 nitrogen and oxygen atoms in total. The second-order valence-electron chi connectivity index (χ2n) is 14.5. The minimum Gasteiger partial charge on any atom is -0.309 e. The van der Waals surface area contributed by atoms with Crippen LogP contribution in [0.25, 0.3) is 106 Å². The number of aromatic nitrogens is 6. The molecule has 0 aliphatic rings. The maximum absolute atomic E-state index is 5.32. The third kappa shape index (κ3) is 4.81. The quantitative estimate of drug-likeness (QED) is 0.177. The number of rotatable bonds is 5. The molecule has 6 heteroatoms. The van der Waals surface area contributed by atoms with Crippen LogP contribution in [-0.2, 0) is 0 Å². The van der Waals surface area contributed by atoms with Crippen molar-refractivity contribution in [1.29, 1.82) is 0 Å². The highest BCUT2D eigenvalue weighted by atomic mass is 15.3. The number of benzene rings is 8. The first-order valence-electron chi connectivity index (χ1n) is 19.2. The molecule has 12 rings (SSSR count). The Bertz CT molecular complexity index is 3470. The highest BCUT2D eigenvalue weighted by Gasteiger charge is 2.21. The molecule has 0 saturated heterocycles. The van der Waals surface area contributed by atoms with E-state index in [4.69, 9.17) is 15.0 Å². The number of hydrogen-bond acceptors (Lipinski definition) is 3. The molecule has 8 aromatic carbocycles. The largest absolute Gasteiger partial charge is 0.309 e. The highest BCUT2D eigenvalue weighted by molar-refractivity contribution is 6.13. The molecule has 57 heavy (non-hydrogen) atoms. The molecule has 0 amide bonds. The maximum atomic E-state index is 5.32. The molecule has 266 valence electrons. The topological polar surface area (TPSA) is 53.5 Å². The zero-order valence-electron chi connectivity index (χ0n) is 30.7. The van der Waals surface area contributed by atoms with Crippen molar-refractivity contribution in [3.8, 4) is 40.1 Å². The Balaban J connectivity index is 1.08. The summed E-state index contributed by atoms with van der Waals surface area (Å²) in [5, 5.41) is 7.04. The predicted molar refractivity (Wildman–Crippen MR) is 234 cm³/mol. The smallest absolute Gasteiger partial charge is 0.240 e. The Morgan fingerprint density at radius 1 is 0.263 bits per heavy atom. The summed E-state index contributed by atoms with van der Waals surface area (Å²) in [4.78, 5) is 15.7. The van der Waals surface area contributed by atoms with E-state index < -0.39 is 0 Å². The van der Waals surface area contributed by atoms with Gasteiger partial charge in [-0.25, -0.2) is 0 Å². The minimum absolute atomic E-state index is 0.565. The normalized spacial score (nSPS) is 11.9. The van der Waals surface area contributed by atoms with Crippen LogP contribution in [0.3, 0.4) is 0 Å². The zero-order chi connectivity index (χ0) is 37.5. The lowest BCUT2D eigenvalue weighted by molar-refractivity contribution is 0.893. The van der Waals surface area contributed by atoms with Gasteiger partial charge in [-0.05, 0) is 71.8 Å². The van der Waals surface area contributed by atoms with E-state index in [9.17, 15) is 0 Å². The molecule has 0 unspecified atom stereocenters. The van der Waals surface area contributed by atoms with Gasteiger partial charge in [-0.2, -0.15) is 15.0 Å². The van der Waals surface area contributed by atoms with Crippen LogP contribution in [0.5, 0.6) is 0 Å². The first-order chi connectivity index (χ1) is 28.3. The fourth-order valence-corrected chi connectivity index (χ4v) is 8.78. The van der Waals surface area contributed by atoms with Gasteiger partial charge in [-0.3, -0.25) is 9.13 Å². The Morgan fingerprint density at radius 3 is 1.12 bits per heavy atom. The second-order valence-corrected chi connectivity index (χ2v) is 14.5. The van der Waals surface area contributed by atoms with Crippen LogP contribution < -0.4 is 0 Å². The van der Waals surface area contributed by atoms with Crippen LogP contribution in [0, 0.1) is 0 Å². The molecular weight excluding hydrogens is 697 g/mol. The van der Waals surface area contributed by atoms with Gasteiger partial charge in [0.05, 0.1) is 33.1 Å². The van der Waals surface area contributed by atoms with E-state index in [2.05, 4.69) is 190 Å². The van der Waals surface area contributed by atoms with Gasteiger partial charge in [-0.15, -0.1) is 0 Å². The lowest BCUT2D eigenvalue weighted by Crippen LogP contribution is -2.10. The minimum atomic E-state index is 0.565. The lowest BCUT2D eigenvalue weighted by Gasteiger charge is -2.12. The van der Waals surface area contributed by atoms with Gasteiger partial charge in [0.15, 0.2) is 5.82 Å². The number of hydrogen-bond donors (Lipinski definition) is 0. The second kappa shape index (κ2) is 12.3. The number of para-hydroxylation sites is 5. The molecular formula is C51H32N6. The van der Waals surface area contributed by atoms with E-state index in [0.717, 1.165) is 66.0 Å². The average molecular weight is 729 g/mol. The van der Waals surface area contributed by atoms with E-state index >= 15 is 0 Å². The van der Waals surface area contributed by atoms with Crippen LogP contribution in [-0.4, -0.2) is 28.7 Å². The van der Waals surface area contributed by atoms with E-state index in [1.807, 2.05) is 18.2 Å². The summed E-state index contributed by atoms with van der Waals surface area (Å²) >= 11 is 0. The van der Waals surface area contributed by atoms with Crippen molar-refractivity contribution in [2.75, 3.05) is 0 Å². The Hall–Kier alpha value is -7.83. The van der Waals surface area contributed by atoms with Crippen molar-refractivity contribution in [2.45, 2.75) is 0 Å². The van der Waals surface area contributed by atoms with Crippen molar-refractivity contribution in [3.05, 3.63) is 194 Å². The fourth-order valence-electron chi connectivity index (χ4n) is 8.78. The van der Waals surface area contributed by atoms with E-state index in [1.54, 1.807) is 0 Å². The summed E-state index contributed by atoms with van der Waals surface area (Å²) in [6.45, 7) is 0. The summed E-state index contributed by atoms with van der Waals surface area (Å²) in [5.74, 6) is 1.75. The standard InChI is InChI=1S/C51H32N6/c1-3-15-33(16-4-1)49-52-50(56-44-24-12-7-19-37(44)38-20-8-13-25-45(38)56)54-51(53-49)57-46-26-14-10-22-40(46)42-32-35(28-30-48(42)57)34-27-29-47-41(31-34)39-21-9-11-23-43(39)55(47)36-17-5-2-6-18-36/h1-32H. The molecule has 0 aliphatic heterocycles. The van der Waals surface area contributed by atoms with Crippen LogP contribution in [0.4, 0.5) is 0 Å². The zero-order valence-corrected chi connectivity index (χ0v) is 30.7. The summed E-state index contributed by atoms with van der Waals surface area (Å²) in [5.41, 5.74) is 10.9. The molecule has 0 spiro atoms. The third-order valence-corrected chi connectivity index (χ3v) is 11.3. The lowest BCUT2D eigenvalue weighted by atomic mass is 10.0. The molecule has 0 bridgehead atoms. The molecule has 4 heterocycles. The van der Waals surface area contributed by atoms with Gasteiger partial charge in [0, 0.05) is 43.6 Å². The van der Waals surface area contributed by atoms with Crippen LogP contribution >= 0.6 is 0 Å². The summed E-state index contributed by atoms with van der Waals surface area (Å²) in [6.07, 6.45) is 0. The third-order valence-electron chi connectivity index (χ3n) is 11.3. The molecule has 12 aromatic rings.